The van der Waals surface area contributed by atoms with Gasteiger partial charge >= 0.3 is 0 Å². The van der Waals surface area contributed by atoms with Crippen molar-refractivity contribution in [2.45, 2.75) is 33.1 Å². The lowest BCUT2D eigenvalue weighted by Gasteiger charge is -2.24. The standard InChI is InChI=1S/C16H24N2/c1-11-7-8-12(2)15-14(11)13(9-18(15)6)16(3,4)10-17-5/h7-9,17H,10H2,1-6H3. The Morgan fingerprint density at radius 1 is 1.17 bits per heavy atom. The number of hydrogen-bond acceptors (Lipinski definition) is 1. The van der Waals surface area contributed by atoms with E-state index in [0.29, 0.717) is 0 Å². The third-order valence-corrected chi connectivity index (χ3v) is 3.88. The van der Waals surface area contributed by atoms with Crippen molar-refractivity contribution < 1.29 is 0 Å². The van der Waals surface area contributed by atoms with E-state index in [2.05, 4.69) is 63.0 Å². The highest BCUT2D eigenvalue weighted by molar-refractivity contribution is 5.90. The molecule has 0 aliphatic heterocycles. The molecular formula is C16H24N2. The van der Waals surface area contributed by atoms with Gasteiger partial charge in [-0.1, -0.05) is 26.0 Å². The topological polar surface area (TPSA) is 17.0 Å². The average Bonchev–Trinajstić information content (AvgIpc) is 2.64. The number of rotatable bonds is 3. The maximum absolute atomic E-state index is 3.31. The number of nitrogens with one attached hydrogen (secondary N) is 1. The van der Waals surface area contributed by atoms with Gasteiger partial charge in [0.1, 0.15) is 0 Å². The van der Waals surface area contributed by atoms with E-state index >= 15 is 0 Å². The number of aromatic nitrogens is 1. The van der Waals surface area contributed by atoms with Gasteiger partial charge in [0.2, 0.25) is 0 Å². The third-order valence-electron chi connectivity index (χ3n) is 3.88. The van der Waals surface area contributed by atoms with E-state index in [9.17, 15) is 0 Å². The molecule has 1 N–H and O–H groups in total. The van der Waals surface area contributed by atoms with Crippen LogP contribution in [0.2, 0.25) is 0 Å². The van der Waals surface area contributed by atoms with Gasteiger partial charge in [0.05, 0.1) is 5.52 Å². The van der Waals surface area contributed by atoms with Gasteiger partial charge in [0.15, 0.2) is 0 Å². The molecular weight excluding hydrogens is 220 g/mol. The zero-order chi connectivity index (χ0) is 13.5. The van der Waals surface area contributed by atoms with E-state index in [1.807, 2.05) is 7.05 Å². The molecule has 0 saturated carbocycles. The Morgan fingerprint density at radius 3 is 2.39 bits per heavy atom. The first-order valence-electron chi connectivity index (χ1n) is 6.59. The zero-order valence-corrected chi connectivity index (χ0v) is 12.4. The second-order valence-corrected chi connectivity index (χ2v) is 5.99. The number of fused-ring (bicyclic) bond motifs is 1. The van der Waals surface area contributed by atoms with Crippen molar-refractivity contribution >= 4 is 10.9 Å². The van der Waals surface area contributed by atoms with Crippen LogP contribution >= 0.6 is 0 Å². The molecule has 0 aliphatic carbocycles. The van der Waals surface area contributed by atoms with Gasteiger partial charge in [0.25, 0.3) is 0 Å². The van der Waals surface area contributed by atoms with Crippen molar-refractivity contribution in [3.05, 3.63) is 35.0 Å². The molecule has 1 aromatic carbocycles. The molecule has 1 heterocycles. The highest BCUT2D eigenvalue weighted by Crippen LogP contribution is 2.34. The Kier molecular flexibility index (Phi) is 3.24. The van der Waals surface area contributed by atoms with E-state index in [1.165, 1.54) is 27.6 Å². The van der Waals surface area contributed by atoms with Crippen LogP contribution in [0.4, 0.5) is 0 Å². The quantitative estimate of drug-likeness (QED) is 0.876. The Morgan fingerprint density at radius 2 is 1.78 bits per heavy atom. The Balaban J connectivity index is 2.77. The van der Waals surface area contributed by atoms with E-state index in [0.717, 1.165) is 6.54 Å². The smallest absolute Gasteiger partial charge is 0.0513 e. The molecule has 0 aliphatic rings. The van der Waals surface area contributed by atoms with Gasteiger partial charge in [-0.25, -0.2) is 0 Å². The number of likely N-dealkylation sites (N-methyl/N-ethyl adjacent to an activating group) is 1. The summed E-state index contributed by atoms with van der Waals surface area (Å²) in [7, 11) is 4.17. The highest BCUT2D eigenvalue weighted by atomic mass is 14.9. The Hall–Kier alpha value is -1.28. The number of benzene rings is 1. The molecule has 1 aromatic heterocycles. The second-order valence-electron chi connectivity index (χ2n) is 5.99. The van der Waals surface area contributed by atoms with Crippen LogP contribution in [0.25, 0.3) is 10.9 Å². The first-order chi connectivity index (χ1) is 8.38. The van der Waals surface area contributed by atoms with Crippen LogP contribution in [0.1, 0.15) is 30.5 Å². The summed E-state index contributed by atoms with van der Waals surface area (Å²) < 4.78 is 2.27. The zero-order valence-electron chi connectivity index (χ0n) is 12.4. The third kappa shape index (κ3) is 1.95. The summed E-state index contributed by atoms with van der Waals surface area (Å²) in [5.41, 5.74) is 5.68. The van der Waals surface area contributed by atoms with Crippen molar-refractivity contribution in [1.29, 1.82) is 0 Å². The maximum atomic E-state index is 3.31. The van der Waals surface area contributed by atoms with Crippen LogP contribution in [-0.2, 0) is 12.5 Å². The van der Waals surface area contributed by atoms with Crippen LogP contribution < -0.4 is 5.32 Å². The van der Waals surface area contributed by atoms with Crippen LogP contribution in [-0.4, -0.2) is 18.2 Å². The normalized spacial score (nSPS) is 12.3. The summed E-state index contributed by atoms with van der Waals surface area (Å²) >= 11 is 0. The molecule has 98 valence electrons. The van der Waals surface area contributed by atoms with E-state index in [4.69, 9.17) is 0 Å². The fourth-order valence-corrected chi connectivity index (χ4v) is 2.96. The molecule has 0 spiro atoms. The molecule has 0 atom stereocenters. The number of nitrogens with zero attached hydrogens (tertiary/aromatic N) is 1. The molecule has 0 bridgehead atoms. The van der Waals surface area contributed by atoms with Gasteiger partial charge < -0.3 is 9.88 Å². The lowest BCUT2D eigenvalue weighted by atomic mass is 9.83. The molecule has 2 rings (SSSR count). The Labute approximate surface area is 110 Å². The van der Waals surface area contributed by atoms with Gasteiger partial charge in [-0.3, -0.25) is 0 Å². The SMILES string of the molecule is CNCC(C)(C)c1cn(C)c2c(C)ccc(C)c12. The van der Waals surface area contributed by atoms with Crippen LogP contribution in [0.3, 0.4) is 0 Å². The molecule has 0 radical (unpaired) electrons. The molecule has 0 unspecified atom stereocenters. The summed E-state index contributed by atoms with van der Waals surface area (Å²) in [5.74, 6) is 0. The molecule has 2 aromatic rings. The summed E-state index contributed by atoms with van der Waals surface area (Å²) in [5, 5.41) is 4.73. The fourth-order valence-electron chi connectivity index (χ4n) is 2.96. The van der Waals surface area contributed by atoms with E-state index < -0.39 is 0 Å². The first-order valence-corrected chi connectivity index (χ1v) is 6.59. The Bertz CT molecular complexity index is 576. The molecule has 2 heteroatoms. The minimum atomic E-state index is 0.146. The fraction of sp³-hybridized carbons (Fsp3) is 0.500. The van der Waals surface area contributed by atoms with E-state index in [-0.39, 0.29) is 5.41 Å². The van der Waals surface area contributed by atoms with Gasteiger partial charge in [0, 0.05) is 30.6 Å². The number of aryl methyl sites for hydroxylation is 3. The highest BCUT2D eigenvalue weighted by Gasteiger charge is 2.25. The lowest BCUT2D eigenvalue weighted by Crippen LogP contribution is -2.30. The van der Waals surface area contributed by atoms with Gasteiger partial charge in [-0.05, 0) is 37.6 Å². The molecule has 0 saturated heterocycles. The minimum absolute atomic E-state index is 0.146. The van der Waals surface area contributed by atoms with Gasteiger partial charge in [-0.15, -0.1) is 0 Å². The molecule has 0 amide bonds. The van der Waals surface area contributed by atoms with Crippen molar-refractivity contribution in [3.63, 3.8) is 0 Å². The average molecular weight is 244 g/mol. The largest absolute Gasteiger partial charge is 0.350 e. The van der Waals surface area contributed by atoms with Crippen molar-refractivity contribution in [3.8, 4) is 0 Å². The lowest BCUT2D eigenvalue weighted by molar-refractivity contribution is 0.496. The maximum Gasteiger partial charge on any atom is 0.0513 e. The predicted octanol–water partition coefficient (Wildman–Crippen LogP) is 3.29. The predicted molar refractivity (Wildman–Crippen MR) is 79.3 cm³/mol. The van der Waals surface area contributed by atoms with Crippen molar-refractivity contribution in [2.75, 3.05) is 13.6 Å². The van der Waals surface area contributed by atoms with Gasteiger partial charge in [-0.2, -0.15) is 0 Å². The summed E-state index contributed by atoms with van der Waals surface area (Å²) in [4.78, 5) is 0. The van der Waals surface area contributed by atoms with Crippen molar-refractivity contribution in [1.82, 2.24) is 9.88 Å². The van der Waals surface area contributed by atoms with Crippen LogP contribution in [0, 0.1) is 13.8 Å². The van der Waals surface area contributed by atoms with Crippen molar-refractivity contribution in [2.24, 2.45) is 7.05 Å². The minimum Gasteiger partial charge on any atom is -0.350 e. The van der Waals surface area contributed by atoms with E-state index in [1.54, 1.807) is 0 Å². The summed E-state index contributed by atoms with van der Waals surface area (Å²) in [6.45, 7) is 10.00. The van der Waals surface area contributed by atoms with Crippen LogP contribution in [0.5, 0.6) is 0 Å². The molecule has 2 nitrogen and oxygen atoms in total. The monoisotopic (exact) mass is 244 g/mol. The van der Waals surface area contributed by atoms with Crippen LogP contribution in [0.15, 0.2) is 18.3 Å². The summed E-state index contributed by atoms with van der Waals surface area (Å²) in [6, 6.07) is 4.45. The molecule has 18 heavy (non-hydrogen) atoms. The molecule has 0 fully saturated rings. The first kappa shape index (κ1) is 13.2. The summed E-state index contributed by atoms with van der Waals surface area (Å²) in [6.07, 6.45) is 2.29. The second kappa shape index (κ2) is 4.43. The number of hydrogen-bond donors (Lipinski definition) is 1.